The molecule has 2 atom stereocenters. The molecule has 1 aliphatic heterocycles. The second-order valence-electron chi connectivity index (χ2n) is 5.74. The smallest absolute Gasteiger partial charge is 0.306 e. The van der Waals surface area contributed by atoms with Crippen LogP contribution in [0.3, 0.4) is 0 Å². The molecule has 0 bridgehead atoms. The fourth-order valence-electron chi connectivity index (χ4n) is 2.74. The Hall–Kier alpha value is -1.89. The maximum absolute atomic E-state index is 12.2. The van der Waals surface area contributed by atoms with Gasteiger partial charge < -0.3 is 15.3 Å². The van der Waals surface area contributed by atoms with Gasteiger partial charge in [0.15, 0.2) is 0 Å². The number of nitrogens with one attached hydrogen (secondary N) is 1. The molecule has 0 aliphatic carbocycles. The molecule has 0 saturated carbocycles. The molecule has 1 heterocycles. The first-order valence-electron chi connectivity index (χ1n) is 7.43. The molecule has 0 aromatic heterocycles. The molecule has 0 spiro atoms. The predicted molar refractivity (Wildman–Crippen MR) is 88.0 cm³/mol. The minimum atomic E-state index is -0.812. The summed E-state index contributed by atoms with van der Waals surface area (Å²) in [5.41, 5.74) is 0.477. The number of halogens is 1. The van der Waals surface area contributed by atoms with Crippen LogP contribution < -0.4 is 5.32 Å². The fourth-order valence-corrected chi connectivity index (χ4v) is 3.14. The molecule has 6 nitrogen and oxygen atoms in total. The summed E-state index contributed by atoms with van der Waals surface area (Å²) in [4.78, 5) is 36.9. The molecule has 124 valence electrons. The molecule has 0 radical (unpaired) electrons. The second kappa shape index (κ2) is 7.59. The number of likely N-dealkylation sites (tertiary alicyclic amines) is 1. The van der Waals surface area contributed by atoms with E-state index in [2.05, 4.69) is 21.2 Å². The van der Waals surface area contributed by atoms with E-state index in [0.29, 0.717) is 25.1 Å². The minimum Gasteiger partial charge on any atom is -0.481 e. The van der Waals surface area contributed by atoms with Crippen LogP contribution in [0.4, 0.5) is 0 Å². The molecular formula is C16H19BrN2O4. The molecule has 7 heteroatoms. The van der Waals surface area contributed by atoms with Gasteiger partial charge in [-0.2, -0.15) is 0 Å². The summed E-state index contributed by atoms with van der Waals surface area (Å²) in [6, 6.07) is 6.92. The van der Waals surface area contributed by atoms with Crippen molar-refractivity contribution in [3.8, 4) is 0 Å². The number of piperidine rings is 1. The van der Waals surface area contributed by atoms with Crippen molar-refractivity contribution in [2.45, 2.75) is 13.3 Å². The van der Waals surface area contributed by atoms with Crippen molar-refractivity contribution in [2.24, 2.45) is 11.8 Å². The molecule has 2 unspecified atom stereocenters. The van der Waals surface area contributed by atoms with Crippen molar-refractivity contribution in [2.75, 3.05) is 19.6 Å². The Balaban J connectivity index is 1.86. The van der Waals surface area contributed by atoms with Gasteiger partial charge in [-0.1, -0.05) is 28.9 Å². The summed E-state index contributed by atoms with van der Waals surface area (Å²) in [7, 11) is 0. The van der Waals surface area contributed by atoms with Crippen LogP contribution in [-0.2, 0) is 9.59 Å². The minimum absolute atomic E-state index is 0.0875. The first-order valence-corrected chi connectivity index (χ1v) is 8.22. The number of benzene rings is 1. The molecule has 2 N–H and O–H groups in total. The van der Waals surface area contributed by atoms with Crippen molar-refractivity contribution in [3.63, 3.8) is 0 Å². The summed E-state index contributed by atoms with van der Waals surface area (Å²) < 4.78 is 0.793. The number of rotatable bonds is 4. The van der Waals surface area contributed by atoms with Crippen LogP contribution in [0, 0.1) is 11.8 Å². The normalized spacial score (nSPS) is 20.9. The van der Waals surface area contributed by atoms with E-state index in [9.17, 15) is 14.4 Å². The summed E-state index contributed by atoms with van der Waals surface area (Å²) in [6.45, 7) is 2.56. The van der Waals surface area contributed by atoms with Crippen LogP contribution in [0.15, 0.2) is 28.7 Å². The highest BCUT2D eigenvalue weighted by Crippen LogP contribution is 2.23. The zero-order chi connectivity index (χ0) is 17.0. The van der Waals surface area contributed by atoms with Crippen LogP contribution in [0.5, 0.6) is 0 Å². The fraction of sp³-hybridized carbons (Fsp3) is 0.438. The van der Waals surface area contributed by atoms with Crippen molar-refractivity contribution >= 4 is 33.7 Å². The zero-order valence-corrected chi connectivity index (χ0v) is 14.4. The Morgan fingerprint density at radius 1 is 1.39 bits per heavy atom. The lowest BCUT2D eigenvalue weighted by molar-refractivity contribution is -0.148. The number of carbonyl (C=O) groups excluding carboxylic acids is 2. The summed E-state index contributed by atoms with van der Waals surface area (Å²) in [6.07, 6.45) is 0.446. The van der Waals surface area contributed by atoms with Gasteiger partial charge in [0.1, 0.15) is 0 Å². The van der Waals surface area contributed by atoms with E-state index in [4.69, 9.17) is 5.11 Å². The van der Waals surface area contributed by atoms with Gasteiger partial charge in [0.25, 0.3) is 5.91 Å². The van der Waals surface area contributed by atoms with E-state index >= 15 is 0 Å². The molecule has 1 fully saturated rings. The number of amides is 2. The Bertz CT molecular complexity index is 620. The first kappa shape index (κ1) is 17.5. The molecule has 2 rings (SSSR count). The summed E-state index contributed by atoms with van der Waals surface area (Å²) in [5.74, 6) is -1.81. The quantitative estimate of drug-likeness (QED) is 0.830. The molecule has 1 aliphatic rings. The van der Waals surface area contributed by atoms with Gasteiger partial charge in [0, 0.05) is 23.1 Å². The monoisotopic (exact) mass is 382 g/mol. The highest BCUT2D eigenvalue weighted by Gasteiger charge is 2.32. The van der Waals surface area contributed by atoms with E-state index in [1.54, 1.807) is 23.1 Å². The van der Waals surface area contributed by atoms with Gasteiger partial charge in [-0.3, -0.25) is 14.4 Å². The molecular weight excluding hydrogens is 364 g/mol. The van der Waals surface area contributed by atoms with E-state index in [1.165, 1.54) is 0 Å². The van der Waals surface area contributed by atoms with Gasteiger partial charge in [-0.15, -0.1) is 0 Å². The van der Waals surface area contributed by atoms with E-state index in [0.717, 1.165) is 4.47 Å². The van der Waals surface area contributed by atoms with Crippen molar-refractivity contribution in [1.82, 2.24) is 10.2 Å². The lowest BCUT2D eigenvalue weighted by Crippen LogP contribution is -2.48. The third kappa shape index (κ3) is 4.54. The Morgan fingerprint density at radius 3 is 2.74 bits per heavy atom. The van der Waals surface area contributed by atoms with Gasteiger partial charge in [0.05, 0.1) is 12.5 Å². The third-order valence-corrected chi connectivity index (χ3v) is 4.56. The SMILES string of the molecule is CC1CN(C(=O)CNC(=O)c2cccc(Br)c2)CCC1C(=O)O. The van der Waals surface area contributed by atoms with Crippen LogP contribution in [0.25, 0.3) is 0 Å². The molecule has 1 saturated heterocycles. The Labute approximate surface area is 143 Å². The number of aliphatic carboxylic acids is 1. The van der Waals surface area contributed by atoms with Gasteiger partial charge in [-0.05, 0) is 30.5 Å². The van der Waals surface area contributed by atoms with Crippen molar-refractivity contribution in [3.05, 3.63) is 34.3 Å². The molecule has 1 aromatic carbocycles. The molecule has 2 amide bonds. The van der Waals surface area contributed by atoms with Gasteiger partial charge in [0.2, 0.25) is 5.91 Å². The van der Waals surface area contributed by atoms with Crippen LogP contribution in [0.2, 0.25) is 0 Å². The Kier molecular flexibility index (Phi) is 5.76. The van der Waals surface area contributed by atoms with E-state index in [-0.39, 0.29) is 24.3 Å². The van der Waals surface area contributed by atoms with E-state index < -0.39 is 11.9 Å². The largest absolute Gasteiger partial charge is 0.481 e. The lowest BCUT2D eigenvalue weighted by Gasteiger charge is -2.35. The number of hydrogen-bond acceptors (Lipinski definition) is 3. The zero-order valence-electron chi connectivity index (χ0n) is 12.8. The number of carboxylic acid groups (broad SMARTS) is 1. The second-order valence-corrected chi connectivity index (χ2v) is 6.66. The maximum Gasteiger partial charge on any atom is 0.306 e. The standard InChI is InChI=1S/C16H19BrN2O4/c1-10-9-19(6-5-13(10)16(22)23)14(20)8-18-15(21)11-3-2-4-12(17)7-11/h2-4,7,10,13H,5-6,8-9H2,1H3,(H,18,21)(H,22,23). The van der Waals surface area contributed by atoms with Crippen molar-refractivity contribution < 1.29 is 19.5 Å². The topological polar surface area (TPSA) is 86.7 Å². The predicted octanol–water partition coefficient (Wildman–Crippen LogP) is 1.75. The number of nitrogens with zero attached hydrogens (tertiary/aromatic N) is 1. The highest BCUT2D eigenvalue weighted by molar-refractivity contribution is 9.10. The van der Waals surface area contributed by atoms with Gasteiger partial charge in [-0.25, -0.2) is 0 Å². The van der Waals surface area contributed by atoms with Gasteiger partial charge >= 0.3 is 5.97 Å². The Morgan fingerprint density at radius 2 is 2.13 bits per heavy atom. The van der Waals surface area contributed by atoms with Crippen LogP contribution in [0.1, 0.15) is 23.7 Å². The third-order valence-electron chi connectivity index (χ3n) is 4.06. The average Bonchev–Trinajstić information content (AvgIpc) is 2.51. The average molecular weight is 383 g/mol. The van der Waals surface area contributed by atoms with Crippen LogP contribution in [-0.4, -0.2) is 47.4 Å². The molecule has 1 aromatic rings. The lowest BCUT2D eigenvalue weighted by atomic mass is 9.87. The number of carbonyl (C=O) groups is 3. The van der Waals surface area contributed by atoms with Crippen molar-refractivity contribution in [1.29, 1.82) is 0 Å². The first-order chi connectivity index (χ1) is 10.9. The highest BCUT2D eigenvalue weighted by atomic mass is 79.9. The molecule has 23 heavy (non-hydrogen) atoms. The summed E-state index contributed by atoms with van der Waals surface area (Å²) in [5, 5.41) is 11.7. The number of hydrogen-bond donors (Lipinski definition) is 2. The maximum atomic E-state index is 12.2. The summed E-state index contributed by atoms with van der Waals surface area (Å²) >= 11 is 3.29. The number of carboxylic acids is 1. The van der Waals surface area contributed by atoms with Crippen LogP contribution >= 0.6 is 15.9 Å². The van der Waals surface area contributed by atoms with E-state index in [1.807, 2.05) is 13.0 Å².